The van der Waals surface area contributed by atoms with Crippen LogP contribution < -0.4 is 10.1 Å². The van der Waals surface area contributed by atoms with Gasteiger partial charge < -0.3 is 15.0 Å². The van der Waals surface area contributed by atoms with Gasteiger partial charge in [0.15, 0.2) is 0 Å². The van der Waals surface area contributed by atoms with E-state index in [1.165, 1.54) is 12.1 Å². The molecule has 5 nitrogen and oxygen atoms in total. The second-order valence-electron chi connectivity index (χ2n) is 7.20. The number of benzene rings is 2. The average Bonchev–Trinajstić information content (AvgIpc) is 2.72. The Hall–Kier alpha value is -2.96. The van der Waals surface area contributed by atoms with Crippen LogP contribution in [0.5, 0.6) is 5.75 Å². The van der Waals surface area contributed by atoms with Crippen LogP contribution in [0.3, 0.4) is 0 Å². The molecular formula is C22H24F2N2O3. The number of rotatable bonds is 6. The maximum atomic E-state index is 14.1. The topological polar surface area (TPSA) is 58.6 Å². The fourth-order valence-electron chi connectivity index (χ4n) is 3.52. The summed E-state index contributed by atoms with van der Waals surface area (Å²) in [5, 5.41) is 2.62. The van der Waals surface area contributed by atoms with E-state index in [9.17, 15) is 18.4 Å². The lowest BCUT2D eigenvalue weighted by atomic mass is 9.96. The van der Waals surface area contributed by atoms with Gasteiger partial charge in [0.05, 0.1) is 13.0 Å². The van der Waals surface area contributed by atoms with E-state index in [2.05, 4.69) is 5.32 Å². The van der Waals surface area contributed by atoms with Crippen molar-refractivity contribution in [3.8, 4) is 5.75 Å². The van der Waals surface area contributed by atoms with Crippen molar-refractivity contribution in [1.29, 1.82) is 0 Å². The molecule has 0 aromatic heterocycles. The third kappa shape index (κ3) is 4.72. The van der Waals surface area contributed by atoms with E-state index in [1.807, 2.05) is 24.3 Å². The average molecular weight is 402 g/mol. The predicted octanol–water partition coefficient (Wildman–Crippen LogP) is 3.34. The molecular weight excluding hydrogens is 378 g/mol. The third-order valence-electron chi connectivity index (χ3n) is 5.24. The molecule has 154 valence electrons. The van der Waals surface area contributed by atoms with Crippen molar-refractivity contribution in [3.05, 3.63) is 64.7 Å². The molecule has 1 aliphatic rings. The Bertz CT molecular complexity index is 917. The van der Waals surface area contributed by atoms with Crippen molar-refractivity contribution in [1.82, 2.24) is 10.2 Å². The van der Waals surface area contributed by atoms with Gasteiger partial charge in [0.2, 0.25) is 11.8 Å². The number of piperidine rings is 1. The number of nitrogens with one attached hydrogen (secondary N) is 1. The van der Waals surface area contributed by atoms with E-state index in [1.54, 1.807) is 18.9 Å². The summed E-state index contributed by atoms with van der Waals surface area (Å²) >= 11 is 0. The molecule has 1 aliphatic heterocycles. The maximum Gasteiger partial charge on any atom is 0.225 e. The number of hydrogen-bond donors (Lipinski definition) is 1. The zero-order valence-corrected chi connectivity index (χ0v) is 16.5. The molecule has 1 N–H and O–H groups in total. The largest absolute Gasteiger partial charge is 0.496 e. The number of likely N-dealkylation sites (tertiary alicyclic amines) is 1. The quantitative estimate of drug-likeness (QED) is 0.806. The molecule has 0 radical (unpaired) electrons. The highest BCUT2D eigenvalue weighted by Gasteiger charge is 2.30. The van der Waals surface area contributed by atoms with Gasteiger partial charge in [0.1, 0.15) is 17.4 Å². The first-order valence-corrected chi connectivity index (χ1v) is 9.51. The molecule has 0 aliphatic carbocycles. The molecule has 2 amide bonds. The van der Waals surface area contributed by atoms with Crippen LogP contribution in [0, 0.1) is 24.5 Å². The minimum atomic E-state index is -0.690. The van der Waals surface area contributed by atoms with Crippen LogP contribution in [0.25, 0.3) is 0 Å². The van der Waals surface area contributed by atoms with E-state index in [-0.39, 0.29) is 36.9 Å². The standard InChI is InChI=1S/C22H24F2N2O3/c1-14-7-9-18(23)17(21(14)24)11-25-22(28)16-8-10-20(27)26(13-16)12-15-5-3-4-6-19(15)29-2/h3-7,9,16H,8,10-13H2,1-2H3,(H,25,28)/t16-/m1/s1. The highest BCUT2D eigenvalue weighted by Crippen LogP contribution is 2.24. The summed E-state index contributed by atoms with van der Waals surface area (Å²) in [6.45, 7) is 1.91. The smallest absolute Gasteiger partial charge is 0.225 e. The second-order valence-corrected chi connectivity index (χ2v) is 7.20. The van der Waals surface area contributed by atoms with Gasteiger partial charge >= 0.3 is 0 Å². The van der Waals surface area contributed by atoms with Gasteiger partial charge in [-0.3, -0.25) is 9.59 Å². The van der Waals surface area contributed by atoms with Gasteiger partial charge in [-0.25, -0.2) is 8.78 Å². The molecule has 1 saturated heterocycles. The summed E-state index contributed by atoms with van der Waals surface area (Å²) in [5.74, 6) is -1.44. The number of halogens is 2. The predicted molar refractivity (Wildman–Crippen MR) is 104 cm³/mol. The van der Waals surface area contributed by atoms with Gasteiger partial charge in [-0.05, 0) is 31.0 Å². The number of aryl methyl sites for hydroxylation is 1. The first-order chi connectivity index (χ1) is 13.9. The van der Waals surface area contributed by atoms with Crippen molar-refractivity contribution in [2.45, 2.75) is 32.9 Å². The van der Waals surface area contributed by atoms with Gasteiger partial charge in [-0.2, -0.15) is 0 Å². The van der Waals surface area contributed by atoms with Crippen molar-refractivity contribution in [2.24, 2.45) is 5.92 Å². The lowest BCUT2D eigenvalue weighted by molar-refractivity contribution is -0.139. The normalized spacial score (nSPS) is 16.6. The first-order valence-electron chi connectivity index (χ1n) is 9.51. The van der Waals surface area contributed by atoms with Gasteiger partial charge in [-0.15, -0.1) is 0 Å². The number of amides is 2. The molecule has 2 aromatic rings. The zero-order chi connectivity index (χ0) is 21.0. The first kappa shape index (κ1) is 20.8. The van der Waals surface area contributed by atoms with Crippen LogP contribution in [0.4, 0.5) is 8.78 Å². The van der Waals surface area contributed by atoms with E-state index >= 15 is 0 Å². The highest BCUT2D eigenvalue weighted by atomic mass is 19.1. The summed E-state index contributed by atoms with van der Waals surface area (Å²) < 4.78 is 33.3. The molecule has 0 bridgehead atoms. The highest BCUT2D eigenvalue weighted by molar-refractivity contribution is 5.83. The molecule has 0 unspecified atom stereocenters. The van der Waals surface area contributed by atoms with Crippen LogP contribution in [0.15, 0.2) is 36.4 Å². The molecule has 0 saturated carbocycles. The second kappa shape index (κ2) is 9.03. The Kier molecular flexibility index (Phi) is 6.46. The van der Waals surface area contributed by atoms with E-state index < -0.39 is 17.6 Å². The van der Waals surface area contributed by atoms with Crippen LogP contribution >= 0.6 is 0 Å². The Morgan fingerprint density at radius 2 is 2.00 bits per heavy atom. The van der Waals surface area contributed by atoms with Gasteiger partial charge in [0.25, 0.3) is 0 Å². The number of hydrogen-bond acceptors (Lipinski definition) is 3. The van der Waals surface area contributed by atoms with Gasteiger partial charge in [-0.1, -0.05) is 24.3 Å². The number of nitrogens with zero attached hydrogens (tertiary/aromatic N) is 1. The summed E-state index contributed by atoms with van der Waals surface area (Å²) in [4.78, 5) is 26.5. The fourth-order valence-corrected chi connectivity index (χ4v) is 3.52. The number of ether oxygens (including phenoxy) is 1. The molecule has 3 rings (SSSR count). The van der Waals surface area contributed by atoms with Crippen molar-refractivity contribution < 1.29 is 23.1 Å². The monoisotopic (exact) mass is 402 g/mol. The lowest BCUT2D eigenvalue weighted by Crippen LogP contribution is -2.45. The summed E-state index contributed by atoms with van der Waals surface area (Å²) in [7, 11) is 1.57. The third-order valence-corrected chi connectivity index (χ3v) is 5.24. The van der Waals surface area contributed by atoms with E-state index in [0.717, 1.165) is 5.56 Å². The Labute approximate surface area is 168 Å². The maximum absolute atomic E-state index is 14.1. The minimum absolute atomic E-state index is 0.0317. The Balaban J connectivity index is 1.65. The van der Waals surface area contributed by atoms with Gasteiger partial charge in [0, 0.05) is 37.2 Å². The SMILES string of the molecule is COc1ccccc1CN1C[C@H](C(=O)NCc2c(F)ccc(C)c2F)CCC1=O. The summed E-state index contributed by atoms with van der Waals surface area (Å²) in [6.07, 6.45) is 0.659. The zero-order valence-electron chi connectivity index (χ0n) is 16.5. The number of methoxy groups -OCH3 is 1. The molecule has 2 aromatic carbocycles. The molecule has 7 heteroatoms. The summed E-state index contributed by atoms with van der Waals surface area (Å²) in [5.41, 5.74) is 1.02. The number of para-hydroxylation sites is 1. The molecule has 1 atom stereocenters. The van der Waals surface area contributed by atoms with Crippen molar-refractivity contribution in [2.75, 3.05) is 13.7 Å². The van der Waals surface area contributed by atoms with Crippen LogP contribution in [0.2, 0.25) is 0 Å². The van der Waals surface area contributed by atoms with Crippen LogP contribution in [0.1, 0.15) is 29.5 Å². The molecule has 0 spiro atoms. The Morgan fingerprint density at radius 1 is 1.24 bits per heavy atom. The van der Waals surface area contributed by atoms with E-state index in [0.29, 0.717) is 24.3 Å². The number of carbonyl (C=O) groups is 2. The molecule has 1 fully saturated rings. The molecule has 1 heterocycles. The van der Waals surface area contributed by atoms with Crippen molar-refractivity contribution in [3.63, 3.8) is 0 Å². The van der Waals surface area contributed by atoms with Crippen LogP contribution in [-0.4, -0.2) is 30.4 Å². The summed E-state index contributed by atoms with van der Waals surface area (Å²) in [6, 6.07) is 9.95. The lowest BCUT2D eigenvalue weighted by Gasteiger charge is -2.32. The van der Waals surface area contributed by atoms with Crippen LogP contribution in [-0.2, 0) is 22.7 Å². The number of carbonyl (C=O) groups excluding carboxylic acids is 2. The van der Waals surface area contributed by atoms with E-state index in [4.69, 9.17) is 4.74 Å². The van der Waals surface area contributed by atoms with Crippen molar-refractivity contribution >= 4 is 11.8 Å². The Morgan fingerprint density at radius 3 is 2.76 bits per heavy atom. The minimum Gasteiger partial charge on any atom is -0.496 e. The fraction of sp³-hybridized carbons (Fsp3) is 0.364. The molecule has 29 heavy (non-hydrogen) atoms.